The van der Waals surface area contributed by atoms with Crippen LogP contribution in [0.2, 0.25) is 20.1 Å². The molecule has 4 nitrogen and oxygen atoms in total. The molecule has 0 fully saturated rings. The summed E-state index contributed by atoms with van der Waals surface area (Å²) in [6, 6.07) is 3.49. The van der Waals surface area contributed by atoms with Gasteiger partial charge in [-0.2, -0.15) is 0 Å². The van der Waals surface area contributed by atoms with E-state index >= 15 is 0 Å². The van der Waals surface area contributed by atoms with Gasteiger partial charge < -0.3 is 14.3 Å². The number of carboxylic acids is 1. The van der Waals surface area contributed by atoms with Gasteiger partial charge in [0.15, 0.2) is 5.76 Å². The number of aromatic carboxylic acids is 1. The maximum Gasteiger partial charge on any atom is 1.00 e. The number of hydrogen-bond acceptors (Lipinski definition) is 4. The molecule has 0 N–H and O–H groups in total. The van der Waals surface area contributed by atoms with Crippen LogP contribution < -0.4 is 40.1 Å². The first-order valence-corrected chi connectivity index (χ1v) is 14.5. The molecule has 0 spiro atoms. The fraction of sp³-hybridized carbons (Fsp3) is 0.0476. The van der Waals surface area contributed by atoms with Crippen LogP contribution >= 0.6 is 137 Å². The Labute approximate surface area is 290 Å². The maximum atomic E-state index is 12.7. The molecule has 0 saturated carbocycles. The molecule has 2 aliphatic rings. The summed E-state index contributed by atoms with van der Waals surface area (Å²) in [7, 11) is 0. The first kappa shape index (κ1) is 30.2. The van der Waals surface area contributed by atoms with Crippen molar-refractivity contribution >= 4 is 154 Å². The summed E-state index contributed by atoms with van der Waals surface area (Å²) < 4.78 is 8.74. The van der Waals surface area contributed by atoms with Crippen molar-refractivity contribution in [1.29, 1.82) is 0 Å². The van der Waals surface area contributed by atoms with Crippen LogP contribution in [0.25, 0.3) is 33.4 Å². The number of carboxylic acid groups (broad SMARTS) is 1. The Hall–Kier alpha value is 1.68. The number of carbonyl (C=O) groups is 1. The summed E-state index contributed by atoms with van der Waals surface area (Å²) in [5, 5.41) is 12.2. The van der Waals surface area contributed by atoms with Gasteiger partial charge in [-0.1, -0.05) is 46.4 Å². The van der Waals surface area contributed by atoms with Crippen molar-refractivity contribution in [3.63, 3.8) is 0 Å². The zero-order valence-corrected chi connectivity index (χ0v) is 30.5. The van der Waals surface area contributed by atoms with Crippen LogP contribution in [0.1, 0.15) is 15.9 Å². The first-order valence-electron chi connectivity index (χ1n) is 8.69. The molecule has 0 amide bonds. The third-order valence-electron chi connectivity index (χ3n) is 5.00. The second-order valence-electron chi connectivity index (χ2n) is 6.82. The molecule has 170 valence electrons. The normalized spacial score (nSPS) is 11.2. The number of fused-ring (bicyclic) bond motifs is 2. The van der Waals surface area contributed by atoms with Crippen LogP contribution in [0.15, 0.2) is 21.3 Å². The number of benzene rings is 3. The fourth-order valence-corrected chi connectivity index (χ4v) is 8.02. The summed E-state index contributed by atoms with van der Waals surface area (Å²) in [5.74, 6) is -1.27. The molecule has 1 heterocycles. The summed E-state index contributed by atoms with van der Waals surface area (Å²) in [5.41, 5.74) is 1.77. The average molecular weight is 994 g/mol. The van der Waals surface area contributed by atoms with Gasteiger partial charge in [0.25, 0.3) is 0 Å². The van der Waals surface area contributed by atoms with Crippen molar-refractivity contribution in [3.8, 4) is 22.5 Å². The van der Waals surface area contributed by atoms with E-state index in [0.29, 0.717) is 35.0 Å². The predicted octanol–water partition coefficient (Wildman–Crippen LogP) is 5.27. The molecular formula is C21H5Cl4I4NaO4. The summed E-state index contributed by atoms with van der Waals surface area (Å²) >= 11 is 33.7. The largest absolute Gasteiger partial charge is 1.00 e. The quantitative estimate of drug-likeness (QED) is 0.0904. The number of hydrogen-bond donors (Lipinski definition) is 0. The second kappa shape index (κ2) is 11.4. The Balaban J connectivity index is 0.00000324. The van der Waals surface area contributed by atoms with Crippen molar-refractivity contribution in [2.24, 2.45) is 0 Å². The van der Waals surface area contributed by atoms with Crippen LogP contribution in [0.5, 0.6) is 0 Å². The van der Waals surface area contributed by atoms with Gasteiger partial charge in [-0.3, -0.25) is 4.79 Å². The minimum Gasteiger partial charge on any atom is -0.545 e. The average Bonchev–Trinajstić information content (AvgIpc) is 2.76. The number of rotatable bonds is 2. The molecule has 0 aromatic heterocycles. The smallest absolute Gasteiger partial charge is 0.545 e. The Morgan fingerprint density at radius 3 is 2.06 bits per heavy atom. The second-order valence-corrected chi connectivity index (χ2v) is 12.8. The molecule has 34 heavy (non-hydrogen) atoms. The minimum absolute atomic E-state index is 0. The van der Waals surface area contributed by atoms with E-state index in [1.807, 2.05) is 58.2 Å². The topological polar surface area (TPSA) is 70.3 Å². The Bertz CT molecular complexity index is 1570. The summed E-state index contributed by atoms with van der Waals surface area (Å²) in [6.07, 6.45) is 0. The van der Waals surface area contributed by atoms with Gasteiger partial charge in [0.05, 0.1) is 33.2 Å². The van der Waals surface area contributed by atoms with Crippen molar-refractivity contribution in [2.45, 2.75) is 6.92 Å². The van der Waals surface area contributed by atoms with Gasteiger partial charge in [0.1, 0.15) is 9.15 Å². The Morgan fingerprint density at radius 2 is 1.47 bits per heavy atom. The SMILES string of the molecule is Cc1c(I)cc2c(-c3c(Cl)c(Cl)c(Cl)c(Cl)c3C(=O)[O-])c3cc(I)c(=O)c(I)c-3oc2c1I.[Na+]. The van der Waals surface area contributed by atoms with Crippen LogP contribution in [0.4, 0.5) is 0 Å². The molecule has 0 bridgehead atoms. The summed E-state index contributed by atoms with van der Waals surface area (Å²) in [4.78, 5) is 24.9. The van der Waals surface area contributed by atoms with E-state index < -0.39 is 11.5 Å². The van der Waals surface area contributed by atoms with Crippen molar-refractivity contribution in [3.05, 3.63) is 67.9 Å². The summed E-state index contributed by atoms with van der Waals surface area (Å²) in [6.45, 7) is 1.94. The minimum atomic E-state index is -1.57. The molecule has 2 aromatic carbocycles. The van der Waals surface area contributed by atoms with Crippen LogP contribution in [0.3, 0.4) is 0 Å². The molecule has 2 aromatic rings. The zero-order valence-electron chi connectivity index (χ0n) is 16.8. The zero-order chi connectivity index (χ0) is 24.5. The van der Waals surface area contributed by atoms with E-state index in [1.54, 1.807) is 6.07 Å². The third-order valence-corrected chi connectivity index (χ3v) is 11.0. The van der Waals surface area contributed by atoms with E-state index in [9.17, 15) is 14.7 Å². The van der Waals surface area contributed by atoms with Crippen LogP contribution in [-0.2, 0) is 0 Å². The molecule has 13 heteroatoms. The third kappa shape index (κ3) is 4.90. The molecule has 4 rings (SSSR count). The molecule has 0 unspecified atom stereocenters. The predicted molar refractivity (Wildman–Crippen MR) is 165 cm³/mol. The van der Waals surface area contributed by atoms with E-state index in [2.05, 4.69) is 45.2 Å². The van der Waals surface area contributed by atoms with Crippen molar-refractivity contribution in [2.75, 3.05) is 0 Å². The van der Waals surface area contributed by atoms with E-state index in [-0.39, 0.29) is 60.6 Å². The van der Waals surface area contributed by atoms with E-state index in [1.165, 1.54) is 0 Å². The molecule has 0 atom stereocenters. The molecule has 1 aliphatic carbocycles. The standard InChI is InChI=1S/C21H6Cl4I4O4.Na/c1-4-7(26)2-5-9(10-11(21(31)32)13(23)15(25)14(24)12(10)22)6-3-8(27)18(30)17(29)20(6)33-19(5)16(4)28;/h2-3H,1H3,(H,31,32);/q;+1/p-1. The molecular weight excluding hydrogens is 989 g/mol. The molecule has 0 radical (unpaired) electrons. The van der Waals surface area contributed by atoms with Crippen molar-refractivity contribution < 1.29 is 43.9 Å². The monoisotopic (exact) mass is 992 g/mol. The Kier molecular flexibility index (Phi) is 10.2. The van der Waals surface area contributed by atoms with E-state index in [0.717, 1.165) is 12.7 Å². The van der Waals surface area contributed by atoms with Gasteiger partial charge in [0, 0.05) is 31.2 Å². The van der Waals surface area contributed by atoms with Crippen molar-refractivity contribution in [1.82, 2.24) is 0 Å². The van der Waals surface area contributed by atoms with Gasteiger partial charge >= 0.3 is 29.6 Å². The molecule has 0 saturated heterocycles. The van der Waals surface area contributed by atoms with Crippen LogP contribution in [-0.4, -0.2) is 5.97 Å². The molecule has 1 aliphatic heterocycles. The van der Waals surface area contributed by atoms with Crippen LogP contribution in [0, 0.1) is 21.2 Å². The number of halogens is 8. The van der Waals surface area contributed by atoms with Gasteiger partial charge in [0.2, 0.25) is 5.43 Å². The maximum absolute atomic E-state index is 12.7. The van der Waals surface area contributed by atoms with Gasteiger partial charge in [-0.25, -0.2) is 0 Å². The Morgan fingerprint density at radius 1 is 0.882 bits per heavy atom. The number of carbonyl (C=O) groups excluding carboxylic acids is 1. The van der Waals surface area contributed by atoms with Gasteiger partial charge in [-0.05, 0) is 115 Å². The van der Waals surface area contributed by atoms with E-state index in [4.69, 9.17) is 50.8 Å². The first-order chi connectivity index (χ1) is 15.4. The fourth-order valence-electron chi connectivity index (χ4n) is 3.42. The van der Waals surface area contributed by atoms with Gasteiger partial charge in [-0.15, -0.1) is 0 Å².